The molecule has 6 nitrogen and oxygen atoms in total. The first kappa shape index (κ1) is 19.7. The Balaban J connectivity index is 2.04. The second-order valence-corrected chi connectivity index (χ2v) is 9.53. The van der Waals surface area contributed by atoms with Crippen molar-refractivity contribution >= 4 is 16.1 Å². The minimum atomic E-state index is -3.42. The molecule has 1 heterocycles. The van der Waals surface area contributed by atoms with E-state index < -0.39 is 21.7 Å². The molecule has 1 atom stereocenters. The number of carbonyl (C=O) groups is 1. The average molecular weight is 368 g/mol. The zero-order valence-electron chi connectivity index (χ0n) is 15.7. The van der Waals surface area contributed by atoms with E-state index in [0.29, 0.717) is 6.54 Å². The third kappa shape index (κ3) is 5.19. The van der Waals surface area contributed by atoms with Crippen LogP contribution in [0.1, 0.15) is 38.8 Å². The summed E-state index contributed by atoms with van der Waals surface area (Å²) in [6, 6.07) is 7.27. The second-order valence-electron chi connectivity index (χ2n) is 7.56. The second kappa shape index (κ2) is 7.33. The van der Waals surface area contributed by atoms with Gasteiger partial charge in [-0.15, -0.1) is 0 Å². The number of aryl methyl sites for hydroxylation is 1. The summed E-state index contributed by atoms with van der Waals surface area (Å²) in [5.41, 5.74) is 1.21. The van der Waals surface area contributed by atoms with Crippen LogP contribution in [0.4, 0.5) is 4.79 Å². The number of rotatable bonds is 3. The third-order valence-electron chi connectivity index (χ3n) is 4.21. The van der Waals surface area contributed by atoms with Crippen molar-refractivity contribution in [3.8, 4) is 0 Å². The van der Waals surface area contributed by atoms with Gasteiger partial charge in [0.1, 0.15) is 5.60 Å². The van der Waals surface area contributed by atoms with E-state index in [1.54, 1.807) is 4.90 Å². The first-order chi connectivity index (χ1) is 11.5. The van der Waals surface area contributed by atoms with Gasteiger partial charge in [0.25, 0.3) is 0 Å². The van der Waals surface area contributed by atoms with Crippen molar-refractivity contribution in [1.82, 2.24) is 9.21 Å². The van der Waals surface area contributed by atoms with Crippen LogP contribution in [0, 0.1) is 6.92 Å². The van der Waals surface area contributed by atoms with Crippen molar-refractivity contribution in [2.75, 3.05) is 19.6 Å². The van der Waals surface area contributed by atoms with Gasteiger partial charge in [0.05, 0.1) is 5.75 Å². The van der Waals surface area contributed by atoms with E-state index in [1.807, 2.05) is 58.9 Å². The van der Waals surface area contributed by atoms with E-state index in [9.17, 15) is 13.2 Å². The first-order valence-corrected chi connectivity index (χ1v) is 10.1. The van der Waals surface area contributed by atoms with Crippen LogP contribution in [0.3, 0.4) is 0 Å². The van der Waals surface area contributed by atoms with Crippen molar-refractivity contribution in [2.24, 2.45) is 0 Å². The Hall–Kier alpha value is -1.60. The molecule has 1 aromatic rings. The van der Waals surface area contributed by atoms with Gasteiger partial charge in [-0.2, -0.15) is 4.31 Å². The van der Waals surface area contributed by atoms with Crippen molar-refractivity contribution in [3.05, 3.63) is 35.4 Å². The lowest BCUT2D eigenvalue weighted by molar-refractivity contribution is 0.00857. The van der Waals surface area contributed by atoms with Crippen molar-refractivity contribution in [3.63, 3.8) is 0 Å². The molecule has 0 spiro atoms. The van der Waals surface area contributed by atoms with Crippen LogP contribution in [-0.2, 0) is 20.5 Å². The molecule has 25 heavy (non-hydrogen) atoms. The summed E-state index contributed by atoms with van der Waals surface area (Å²) >= 11 is 0. The third-order valence-corrected chi connectivity index (χ3v) is 6.01. The topological polar surface area (TPSA) is 66.9 Å². The molecule has 1 aromatic carbocycles. The SMILES string of the molecule is Cc1ccccc1CS(=O)(=O)N1CCN(C(=O)OC(C)(C)C)[C@H](C)C1. The number of carbonyl (C=O) groups excluding carboxylic acids is 1. The molecule has 1 saturated heterocycles. The van der Waals surface area contributed by atoms with Crippen molar-refractivity contribution in [1.29, 1.82) is 0 Å². The molecule has 1 fully saturated rings. The van der Waals surface area contributed by atoms with Crippen LogP contribution in [0.2, 0.25) is 0 Å². The standard InChI is InChI=1S/C18H28N2O4S/c1-14-8-6-7-9-16(14)13-25(22,23)19-10-11-20(15(2)12-19)17(21)24-18(3,4)5/h6-9,15H,10-13H2,1-5H3/t15-/m1/s1. The maximum Gasteiger partial charge on any atom is 0.410 e. The summed E-state index contributed by atoms with van der Waals surface area (Å²) in [5, 5.41) is 0. The Morgan fingerprint density at radius 2 is 1.88 bits per heavy atom. The lowest BCUT2D eigenvalue weighted by Gasteiger charge is -2.39. The summed E-state index contributed by atoms with van der Waals surface area (Å²) in [6.07, 6.45) is -0.393. The maximum atomic E-state index is 12.7. The Kier molecular flexibility index (Phi) is 5.79. The van der Waals surface area contributed by atoms with E-state index in [2.05, 4.69) is 0 Å². The molecule has 0 aliphatic carbocycles. The van der Waals surface area contributed by atoms with Gasteiger partial charge < -0.3 is 9.64 Å². The number of hydrogen-bond acceptors (Lipinski definition) is 4. The molecular weight excluding hydrogens is 340 g/mol. The van der Waals surface area contributed by atoms with Gasteiger partial charge in [0.15, 0.2) is 0 Å². The van der Waals surface area contributed by atoms with E-state index >= 15 is 0 Å². The summed E-state index contributed by atoms with van der Waals surface area (Å²) < 4.78 is 32.4. The number of ether oxygens (including phenoxy) is 1. The van der Waals surface area contributed by atoms with E-state index in [0.717, 1.165) is 11.1 Å². The minimum Gasteiger partial charge on any atom is -0.444 e. The molecule has 0 bridgehead atoms. The fourth-order valence-electron chi connectivity index (χ4n) is 2.83. The smallest absolute Gasteiger partial charge is 0.410 e. The normalized spacial score (nSPS) is 19.7. The molecule has 140 valence electrons. The monoisotopic (exact) mass is 368 g/mol. The van der Waals surface area contributed by atoms with Gasteiger partial charge in [0, 0.05) is 25.7 Å². The van der Waals surface area contributed by atoms with Gasteiger partial charge in [-0.1, -0.05) is 24.3 Å². The van der Waals surface area contributed by atoms with Crippen LogP contribution in [-0.4, -0.2) is 55.0 Å². The predicted molar refractivity (Wildman–Crippen MR) is 97.8 cm³/mol. The number of nitrogens with zero attached hydrogens (tertiary/aromatic N) is 2. The van der Waals surface area contributed by atoms with Gasteiger partial charge in [0.2, 0.25) is 10.0 Å². The Morgan fingerprint density at radius 1 is 1.24 bits per heavy atom. The summed E-state index contributed by atoms with van der Waals surface area (Å²) in [7, 11) is -3.42. The van der Waals surface area contributed by atoms with Gasteiger partial charge in [-0.3, -0.25) is 0 Å². The quantitative estimate of drug-likeness (QED) is 0.823. The summed E-state index contributed by atoms with van der Waals surface area (Å²) in [5.74, 6) is -0.0150. The Morgan fingerprint density at radius 3 is 2.44 bits per heavy atom. The molecule has 2 rings (SSSR count). The van der Waals surface area contributed by atoms with Crippen molar-refractivity contribution < 1.29 is 17.9 Å². The van der Waals surface area contributed by atoms with Gasteiger partial charge in [-0.25, -0.2) is 13.2 Å². The van der Waals surface area contributed by atoms with E-state index in [1.165, 1.54) is 4.31 Å². The summed E-state index contributed by atoms with van der Waals surface area (Å²) in [6.45, 7) is 10.1. The summed E-state index contributed by atoms with van der Waals surface area (Å²) in [4.78, 5) is 13.9. The number of benzene rings is 1. The van der Waals surface area contributed by atoms with Crippen LogP contribution in [0.15, 0.2) is 24.3 Å². The fraction of sp³-hybridized carbons (Fsp3) is 0.611. The molecule has 0 N–H and O–H groups in total. The first-order valence-electron chi connectivity index (χ1n) is 8.51. The van der Waals surface area contributed by atoms with Crippen LogP contribution in [0.25, 0.3) is 0 Å². The lowest BCUT2D eigenvalue weighted by Crippen LogP contribution is -2.56. The zero-order valence-corrected chi connectivity index (χ0v) is 16.5. The van der Waals surface area contributed by atoms with Crippen LogP contribution < -0.4 is 0 Å². The maximum absolute atomic E-state index is 12.7. The molecule has 7 heteroatoms. The molecule has 0 radical (unpaired) electrons. The average Bonchev–Trinajstić information content (AvgIpc) is 2.47. The minimum absolute atomic E-state index is 0.0150. The van der Waals surface area contributed by atoms with E-state index in [-0.39, 0.29) is 24.9 Å². The highest BCUT2D eigenvalue weighted by Crippen LogP contribution is 2.20. The number of sulfonamides is 1. The lowest BCUT2D eigenvalue weighted by atomic mass is 10.1. The molecule has 0 unspecified atom stereocenters. The largest absolute Gasteiger partial charge is 0.444 e. The molecule has 0 aromatic heterocycles. The highest BCUT2D eigenvalue weighted by Gasteiger charge is 2.35. The predicted octanol–water partition coefficient (Wildman–Crippen LogP) is 2.77. The number of amides is 1. The molecular formula is C18H28N2O4S. The molecule has 1 aliphatic heterocycles. The Labute approximate surface area is 150 Å². The number of hydrogen-bond donors (Lipinski definition) is 0. The van der Waals surface area contributed by atoms with Crippen molar-refractivity contribution in [2.45, 2.75) is 52.0 Å². The molecule has 1 aliphatic rings. The highest BCUT2D eigenvalue weighted by molar-refractivity contribution is 7.88. The van der Waals surface area contributed by atoms with Gasteiger partial charge >= 0.3 is 6.09 Å². The van der Waals surface area contributed by atoms with Crippen LogP contribution in [0.5, 0.6) is 0 Å². The fourth-order valence-corrected chi connectivity index (χ4v) is 4.53. The number of piperazine rings is 1. The molecule has 1 amide bonds. The zero-order chi connectivity index (χ0) is 18.8. The Bertz CT molecular complexity index is 725. The highest BCUT2D eigenvalue weighted by atomic mass is 32.2. The van der Waals surface area contributed by atoms with Crippen LogP contribution >= 0.6 is 0 Å². The molecule has 0 saturated carbocycles. The van der Waals surface area contributed by atoms with Gasteiger partial charge in [-0.05, 0) is 45.7 Å². The van der Waals surface area contributed by atoms with E-state index in [4.69, 9.17) is 4.74 Å².